The second-order valence-corrected chi connectivity index (χ2v) is 10.2. The van der Waals surface area contributed by atoms with Crippen molar-refractivity contribution < 1.29 is 18.7 Å². The van der Waals surface area contributed by atoms with Crippen LogP contribution in [0, 0.1) is 11.2 Å². The average molecular weight is 466 g/mol. The van der Waals surface area contributed by atoms with Crippen LogP contribution in [0.15, 0.2) is 54.6 Å². The summed E-state index contributed by atoms with van der Waals surface area (Å²) in [7, 11) is 2.06. The Labute approximate surface area is 200 Å². The van der Waals surface area contributed by atoms with Gasteiger partial charge in [-0.05, 0) is 56.6 Å². The molecule has 0 aromatic heterocycles. The average Bonchev–Trinajstić information content (AvgIpc) is 3.39. The summed E-state index contributed by atoms with van der Waals surface area (Å²) in [4.78, 5) is 32.4. The Balaban J connectivity index is 1.31. The fourth-order valence-corrected chi connectivity index (χ4v) is 5.70. The quantitative estimate of drug-likeness (QED) is 0.676. The maximum absolute atomic E-state index is 14.5. The van der Waals surface area contributed by atoms with E-state index in [1.165, 1.54) is 6.07 Å². The number of amides is 2. The number of hydrogen-bond acceptors (Lipinski definition) is 4. The molecule has 0 saturated carbocycles. The van der Waals surface area contributed by atoms with Gasteiger partial charge < -0.3 is 14.5 Å². The number of halogens is 1. The number of benzene rings is 2. The first kappa shape index (κ1) is 22.8. The van der Waals surface area contributed by atoms with Crippen molar-refractivity contribution in [3.05, 3.63) is 71.5 Å². The van der Waals surface area contributed by atoms with E-state index in [9.17, 15) is 14.0 Å². The van der Waals surface area contributed by atoms with Crippen molar-refractivity contribution in [1.82, 2.24) is 14.7 Å². The molecule has 0 aliphatic carbocycles. The predicted octanol–water partition coefficient (Wildman–Crippen LogP) is 3.70. The van der Waals surface area contributed by atoms with Crippen LogP contribution in [-0.4, -0.2) is 72.1 Å². The molecule has 0 N–H and O–H groups in total. The van der Waals surface area contributed by atoms with E-state index in [0.717, 1.165) is 18.7 Å². The van der Waals surface area contributed by atoms with Gasteiger partial charge in [-0.3, -0.25) is 9.69 Å². The Morgan fingerprint density at radius 2 is 1.68 bits per heavy atom. The van der Waals surface area contributed by atoms with Gasteiger partial charge in [0.15, 0.2) is 5.60 Å². The fourth-order valence-electron chi connectivity index (χ4n) is 5.70. The van der Waals surface area contributed by atoms with Crippen molar-refractivity contribution in [2.75, 3.05) is 39.8 Å². The van der Waals surface area contributed by atoms with E-state index in [1.807, 2.05) is 41.3 Å². The highest BCUT2D eigenvalue weighted by atomic mass is 19.1. The molecule has 34 heavy (non-hydrogen) atoms. The SMILES string of the molecule is CN1CCC(Cc2ccccc2F)(C(=O)N2CC[C@@]3(CN(Cc4ccccc4)C(=O)O3)C2)CC1. The van der Waals surface area contributed by atoms with E-state index in [0.29, 0.717) is 57.4 Å². The summed E-state index contributed by atoms with van der Waals surface area (Å²) in [6.07, 6.45) is 2.10. The molecule has 3 aliphatic rings. The Bertz CT molecular complexity index is 1050. The number of carbonyl (C=O) groups is 2. The van der Waals surface area contributed by atoms with Crippen molar-refractivity contribution >= 4 is 12.0 Å². The number of nitrogens with zero attached hydrogens (tertiary/aromatic N) is 3. The number of hydrogen-bond donors (Lipinski definition) is 0. The zero-order chi connectivity index (χ0) is 23.8. The lowest BCUT2D eigenvalue weighted by Gasteiger charge is -2.42. The molecule has 1 spiro atoms. The van der Waals surface area contributed by atoms with Gasteiger partial charge in [0, 0.05) is 19.5 Å². The maximum atomic E-state index is 14.5. The van der Waals surface area contributed by atoms with Gasteiger partial charge in [0.05, 0.1) is 18.5 Å². The van der Waals surface area contributed by atoms with Gasteiger partial charge in [-0.2, -0.15) is 0 Å². The van der Waals surface area contributed by atoms with Crippen molar-refractivity contribution in [3.63, 3.8) is 0 Å². The summed E-state index contributed by atoms with van der Waals surface area (Å²) in [5, 5.41) is 0. The molecule has 180 valence electrons. The Kier molecular flexibility index (Phi) is 6.06. The Hall–Kier alpha value is -2.93. The van der Waals surface area contributed by atoms with Gasteiger partial charge in [-0.15, -0.1) is 0 Å². The number of likely N-dealkylation sites (tertiary alicyclic amines) is 2. The molecule has 2 aromatic carbocycles. The Morgan fingerprint density at radius 3 is 2.41 bits per heavy atom. The third kappa shape index (κ3) is 4.41. The highest BCUT2D eigenvalue weighted by Crippen LogP contribution is 2.41. The monoisotopic (exact) mass is 465 g/mol. The number of piperidine rings is 1. The molecule has 3 aliphatic heterocycles. The molecule has 0 radical (unpaired) electrons. The van der Waals surface area contributed by atoms with Gasteiger partial charge >= 0.3 is 6.09 Å². The molecule has 1 atom stereocenters. The van der Waals surface area contributed by atoms with E-state index in [1.54, 1.807) is 17.0 Å². The van der Waals surface area contributed by atoms with E-state index < -0.39 is 11.0 Å². The molecule has 0 unspecified atom stereocenters. The smallest absolute Gasteiger partial charge is 0.410 e. The molecule has 3 saturated heterocycles. The summed E-state index contributed by atoms with van der Waals surface area (Å²) in [5.41, 5.74) is 0.354. The lowest BCUT2D eigenvalue weighted by molar-refractivity contribution is -0.144. The van der Waals surface area contributed by atoms with Gasteiger partial charge in [-0.25, -0.2) is 9.18 Å². The van der Waals surface area contributed by atoms with Crippen molar-refractivity contribution in [1.29, 1.82) is 0 Å². The molecule has 2 amide bonds. The van der Waals surface area contributed by atoms with E-state index in [2.05, 4.69) is 11.9 Å². The van der Waals surface area contributed by atoms with Crippen LogP contribution >= 0.6 is 0 Å². The Morgan fingerprint density at radius 1 is 0.971 bits per heavy atom. The molecule has 3 heterocycles. The summed E-state index contributed by atoms with van der Waals surface area (Å²) in [6, 6.07) is 16.6. The normalized spacial score (nSPS) is 24.6. The molecule has 7 heteroatoms. The van der Waals surface area contributed by atoms with Crippen LogP contribution in [0.3, 0.4) is 0 Å². The van der Waals surface area contributed by atoms with E-state index in [4.69, 9.17) is 4.74 Å². The summed E-state index contributed by atoms with van der Waals surface area (Å²) in [6.45, 7) is 3.54. The first-order valence-electron chi connectivity index (χ1n) is 12.1. The van der Waals surface area contributed by atoms with E-state index >= 15 is 0 Å². The lowest BCUT2D eigenvalue weighted by Crippen LogP contribution is -2.51. The van der Waals surface area contributed by atoms with Crippen LogP contribution < -0.4 is 0 Å². The van der Waals surface area contributed by atoms with Crippen molar-refractivity contribution in [2.45, 2.75) is 37.8 Å². The summed E-state index contributed by atoms with van der Waals surface area (Å²) in [5.74, 6) is -0.189. The number of carbonyl (C=O) groups excluding carboxylic acids is 2. The second kappa shape index (κ2) is 9.02. The van der Waals surface area contributed by atoms with Gasteiger partial charge in [-0.1, -0.05) is 48.5 Å². The minimum atomic E-state index is -0.661. The topological polar surface area (TPSA) is 53.1 Å². The van der Waals surface area contributed by atoms with E-state index in [-0.39, 0.29) is 17.8 Å². The molecule has 6 nitrogen and oxygen atoms in total. The van der Waals surface area contributed by atoms with Crippen LogP contribution in [-0.2, 0) is 22.5 Å². The highest BCUT2D eigenvalue weighted by molar-refractivity contribution is 5.84. The van der Waals surface area contributed by atoms with Gasteiger partial charge in [0.25, 0.3) is 0 Å². The molecular formula is C27H32FN3O3. The maximum Gasteiger partial charge on any atom is 0.410 e. The van der Waals surface area contributed by atoms with Crippen LogP contribution in [0.4, 0.5) is 9.18 Å². The van der Waals surface area contributed by atoms with Crippen LogP contribution in [0.1, 0.15) is 30.4 Å². The number of rotatable bonds is 5. The first-order chi connectivity index (χ1) is 16.4. The fraction of sp³-hybridized carbons (Fsp3) is 0.481. The standard InChI is InChI=1S/C27H32FN3O3/c1-29-14-11-26(12-15-29,17-22-9-5-6-10-23(22)28)24(32)30-16-13-27(19-30)20-31(25(33)34-27)18-21-7-3-2-4-8-21/h2-10H,11-20H2,1H3/t27-/m0/s1. The first-order valence-corrected chi connectivity index (χ1v) is 12.1. The largest absolute Gasteiger partial charge is 0.439 e. The molecule has 3 fully saturated rings. The zero-order valence-electron chi connectivity index (χ0n) is 19.7. The van der Waals surface area contributed by atoms with Gasteiger partial charge in [0.2, 0.25) is 5.91 Å². The second-order valence-electron chi connectivity index (χ2n) is 10.2. The minimum absolute atomic E-state index is 0.0679. The van der Waals surface area contributed by atoms with Gasteiger partial charge in [0.1, 0.15) is 5.82 Å². The van der Waals surface area contributed by atoms with Crippen LogP contribution in [0.25, 0.3) is 0 Å². The molecular weight excluding hydrogens is 433 g/mol. The van der Waals surface area contributed by atoms with Crippen LogP contribution in [0.5, 0.6) is 0 Å². The third-order valence-corrected chi connectivity index (χ3v) is 7.75. The number of ether oxygens (including phenoxy) is 1. The highest BCUT2D eigenvalue weighted by Gasteiger charge is 2.53. The summed E-state index contributed by atoms with van der Waals surface area (Å²) < 4.78 is 20.4. The zero-order valence-corrected chi connectivity index (χ0v) is 19.7. The predicted molar refractivity (Wildman–Crippen MR) is 127 cm³/mol. The molecule has 0 bridgehead atoms. The summed E-state index contributed by atoms with van der Waals surface area (Å²) >= 11 is 0. The lowest BCUT2D eigenvalue weighted by atomic mass is 9.72. The van der Waals surface area contributed by atoms with Crippen molar-refractivity contribution in [2.24, 2.45) is 5.41 Å². The van der Waals surface area contributed by atoms with Crippen LogP contribution in [0.2, 0.25) is 0 Å². The van der Waals surface area contributed by atoms with Crippen molar-refractivity contribution in [3.8, 4) is 0 Å². The third-order valence-electron chi connectivity index (χ3n) is 7.75. The minimum Gasteiger partial charge on any atom is -0.439 e. The molecule has 2 aromatic rings. The molecule has 5 rings (SSSR count).